The van der Waals surface area contributed by atoms with Crippen molar-refractivity contribution in [2.24, 2.45) is 0 Å². The summed E-state index contributed by atoms with van der Waals surface area (Å²) in [6.07, 6.45) is 2.40. The van der Waals surface area contributed by atoms with E-state index < -0.39 is 0 Å². The zero-order chi connectivity index (χ0) is 13.7. The van der Waals surface area contributed by atoms with Crippen LogP contribution in [-0.4, -0.2) is 31.3 Å². The predicted octanol–water partition coefficient (Wildman–Crippen LogP) is 2.62. The standard InChI is InChI=1S/C14H14ClNO3/c1-18-13(17)9-19-8-6-10-4-5-12(15)11-3-2-7-16-14(10)11/h2-5,7H,6,8-9H2,1H3. The number of hydrogen-bond donors (Lipinski definition) is 0. The van der Waals surface area contributed by atoms with Gasteiger partial charge in [-0.2, -0.15) is 0 Å². The van der Waals surface area contributed by atoms with Crippen molar-refractivity contribution in [3.8, 4) is 0 Å². The molecule has 0 aliphatic rings. The number of carbonyl (C=O) groups excluding carboxylic acids is 1. The fraction of sp³-hybridized carbons (Fsp3) is 0.286. The van der Waals surface area contributed by atoms with E-state index in [1.807, 2.05) is 24.3 Å². The van der Waals surface area contributed by atoms with Gasteiger partial charge >= 0.3 is 5.97 Å². The van der Waals surface area contributed by atoms with Crippen molar-refractivity contribution in [2.75, 3.05) is 20.3 Å². The lowest BCUT2D eigenvalue weighted by molar-refractivity contribution is -0.145. The quantitative estimate of drug-likeness (QED) is 0.623. The van der Waals surface area contributed by atoms with Crippen molar-refractivity contribution in [3.05, 3.63) is 41.0 Å². The smallest absolute Gasteiger partial charge is 0.331 e. The molecule has 0 atom stereocenters. The molecule has 0 radical (unpaired) electrons. The molecule has 0 N–H and O–H groups in total. The Labute approximate surface area is 116 Å². The van der Waals surface area contributed by atoms with Crippen molar-refractivity contribution in [2.45, 2.75) is 6.42 Å². The first-order valence-corrected chi connectivity index (χ1v) is 6.27. The highest BCUT2D eigenvalue weighted by Gasteiger charge is 2.06. The minimum Gasteiger partial charge on any atom is -0.467 e. The molecule has 1 heterocycles. The van der Waals surface area contributed by atoms with Crippen molar-refractivity contribution in [3.63, 3.8) is 0 Å². The molecule has 2 aromatic rings. The lowest BCUT2D eigenvalue weighted by Gasteiger charge is -2.07. The molecular weight excluding hydrogens is 266 g/mol. The van der Waals surface area contributed by atoms with Gasteiger partial charge in [0.15, 0.2) is 0 Å². The van der Waals surface area contributed by atoms with Crippen LogP contribution in [-0.2, 0) is 20.7 Å². The van der Waals surface area contributed by atoms with Crippen molar-refractivity contribution >= 4 is 28.5 Å². The highest BCUT2D eigenvalue weighted by Crippen LogP contribution is 2.24. The van der Waals surface area contributed by atoms with Gasteiger partial charge in [-0.05, 0) is 30.2 Å². The first-order chi connectivity index (χ1) is 9.22. The van der Waals surface area contributed by atoms with Crippen molar-refractivity contribution in [1.82, 2.24) is 4.98 Å². The van der Waals surface area contributed by atoms with Gasteiger partial charge < -0.3 is 9.47 Å². The number of fused-ring (bicyclic) bond motifs is 1. The molecule has 0 spiro atoms. The third-order valence-corrected chi connectivity index (χ3v) is 3.09. The summed E-state index contributed by atoms with van der Waals surface area (Å²) < 4.78 is 9.73. The minimum absolute atomic E-state index is 0.0323. The van der Waals surface area contributed by atoms with E-state index in [1.165, 1.54) is 7.11 Å². The van der Waals surface area contributed by atoms with Crippen LogP contribution in [0.15, 0.2) is 30.5 Å². The second-order valence-electron chi connectivity index (χ2n) is 3.98. The van der Waals surface area contributed by atoms with Crippen LogP contribution in [0, 0.1) is 0 Å². The number of methoxy groups -OCH3 is 1. The molecule has 0 aliphatic heterocycles. The van der Waals surface area contributed by atoms with Gasteiger partial charge in [0.1, 0.15) is 6.61 Å². The van der Waals surface area contributed by atoms with Gasteiger partial charge in [-0.3, -0.25) is 4.98 Å². The molecule has 19 heavy (non-hydrogen) atoms. The number of rotatable bonds is 5. The molecule has 0 saturated carbocycles. The summed E-state index contributed by atoms with van der Waals surface area (Å²) in [5, 5.41) is 1.61. The molecule has 0 bridgehead atoms. The van der Waals surface area contributed by atoms with Crippen LogP contribution in [0.3, 0.4) is 0 Å². The monoisotopic (exact) mass is 279 g/mol. The summed E-state index contributed by atoms with van der Waals surface area (Å²) in [6, 6.07) is 7.57. The summed E-state index contributed by atoms with van der Waals surface area (Å²) >= 11 is 6.12. The number of carbonyl (C=O) groups is 1. The average Bonchev–Trinajstić information content (AvgIpc) is 2.45. The van der Waals surface area contributed by atoms with E-state index in [2.05, 4.69) is 9.72 Å². The molecule has 0 saturated heterocycles. The first-order valence-electron chi connectivity index (χ1n) is 5.89. The fourth-order valence-electron chi connectivity index (χ4n) is 1.79. The molecule has 1 aromatic carbocycles. The molecule has 4 nitrogen and oxygen atoms in total. The Morgan fingerprint density at radius 1 is 1.37 bits per heavy atom. The Kier molecular flexibility index (Phi) is 4.71. The van der Waals surface area contributed by atoms with Crippen LogP contribution in [0.1, 0.15) is 5.56 Å². The lowest BCUT2D eigenvalue weighted by Crippen LogP contribution is -2.11. The van der Waals surface area contributed by atoms with E-state index in [4.69, 9.17) is 16.3 Å². The summed E-state index contributed by atoms with van der Waals surface area (Å²) in [7, 11) is 1.34. The van der Waals surface area contributed by atoms with Gasteiger partial charge in [0.05, 0.1) is 19.2 Å². The number of ether oxygens (including phenoxy) is 2. The van der Waals surface area contributed by atoms with Gasteiger partial charge in [-0.1, -0.05) is 17.7 Å². The van der Waals surface area contributed by atoms with E-state index in [9.17, 15) is 4.79 Å². The van der Waals surface area contributed by atoms with E-state index in [1.54, 1.807) is 6.20 Å². The Morgan fingerprint density at radius 2 is 2.21 bits per heavy atom. The minimum atomic E-state index is -0.376. The zero-order valence-corrected chi connectivity index (χ0v) is 11.3. The molecule has 0 unspecified atom stereocenters. The van der Waals surface area contributed by atoms with Gasteiger partial charge in [0.2, 0.25) is 0 Å². The van der Waals surface area contributed by atoms with Gasteiger partial charge in [0, 0.05) is 16.6 Å². The maximum absolute atomic E-state index is 10.9. The Morgan fingerprint density at radius 3 is 3.00 bits per heavy atom. The second-order valence-corrected chi connectivity index (χ2v) is 4.39. The number of aromatic nitrogens is 1. The highest BCUT2D eigenvalue weighted by molar-refractivity contribution is 6.35. The predicted molar refractivity (Wildman–Crippen MR) is 73.3 cm³/mol. The fourth-order valence-corrected chi connectivity index (χ4v) is 2.01. The molecule has 100 valence electrons. The molecule has 1 aromatic heterocycles. The highest BCUT2D eigenvalue weighted by atomic mass is 35.5. The van der Waals surface area contributed by atoms with Crippen LogP contribution in [0.25, 0.3) is 10.9 Å². The second kappa shape index (κ2) is 6.50. The summed E-state index contributed by atoms with van der Waals surface area (Å²) in [5.41, 5.74) is 1.92. The van der Waals surface area contributed by atoms with Crippen LogP contribution >= 0.6 is 11.6 Å². The van der Waals surface area contributed by atoms with Gasteiger partial charge in [-0.25, -0.2) is 4.79 Å². The Balaban J connectivity index is 2.05. The normalized spacial score (nSPS) is 10.6. The number of esters is 1. The number of hydrogen-bond acceptors (Lipinski definition) is 4. The molecule has 2 rings (SSSR count). The maximum Gasteiger partial charge on any atom is 0.331 e. The van der Waals surface area contributed by atoms with E-state index in [-0.39, 0.29) is 12.6 Å². The SMILES string of the molecule is COC(=O)COCCc1ccc(Cl)c2cccnc12. The molecule has 0 amide bonds. The van der Waals surface area contributed by atoms with Crippen LogP contribution in [0.2, 0.25) is 5.02 Å². The number of halogens is 1. The van der Waals surface area contributed by atoms with Crippen molar-refractivity contribution in [1.29, 1.82) is 0 Å². The van der Waals surface area contributed by atoms with E-state index in [0.717, 1.165) is 16.5 Å². The number of pyridine rings is 1. The Bertz CT molecular complexity index is 586. The third kappa shape index (κ3) is 3.43. The van der Waals surface area contributed by atoms with Crippen LogP contribution in [0.4, 0.5) is 0 Å². The van der Waals surface area contributed by atoms with Gasteiger partial charge in [0.25, 0.3) is 0 Å². The average molecular weight is 280 g/mol. The van der Waals surface area contributed by atoms with Crippen molar-refractivity contribution < 1.29 is 14.3 Å². The summed E-state index contributed by atoms with van der Waals surface area (Å²) in [4.78, 5) is 15.2. The summed E-state index contributed by atoms with van der Waals surface area (Å²) in [5.74, 6) is -0.376. The molecule has 0 fully saturated rings. The molecule has 5 heteroatoms. The van der Waals surface area contributed by atoms with E-state index in [0.29, 0.717) is 18.1 Å². The third-order valence-electron chi connectivity index (χ3n) is 2.76. The Hall–Kier alpha value is -1.65. The summed E-state index contributed by atoms with van der Waals surface area (Å²) in [6.45, 7) is 0.401. The van der Waals surface area contributed by atoms with Crippen LogP contribution in [0.5, 0.6) is 0 Å². The lowest BCUT2D eigenvalue weighted by atomic mass is 10.1. The first kappa shape index (κ1) is 13.8. The zero-order valence-electron chi connectivity index (χ0n) is 10.6. The van der Waals surface area contributed by atoms with E-state index >= 15 is 0 Å². The molecular formula is C14H14ClNO3. The van der Waals surface area contributed by atoms with Crippen LogP contribution < -0.4 is 0 Å². The largest absolute Gasteiger partial charge is 0.467 e. The number of benzene rings is 1. The van der Waals surface area contributed by atoms with Gasteiger partial charge in [-0.15, -0.1) is 0 Å². The maximum atomic E-state index is 10.9. The molecule has 0 aliphatic carbocycles. The topological polar surface area (TPSA) is 48.4 Å². The number of nitrogens with zero attached hydrogens (tertiary/aromatic N) is 1.